The normalized spacial score (nSPS) is 15.0. The van der Waals surface area contributed by atoms with Crippen LogP contribution >= 0.6 is 15.9 Å². The molecule has 0 N–H and O–H groups in total. The molecule has 0 saturated heterocycles. The van der Waals surface area contributed by atoms with Crippen molar-refractivity contribution in [2.45, 2.75) is 45.9 Å². The van der Waals surface area contributed by atoms with Crippen molar-refractivity contribution in [3.05, 3.63) is 15.9 Å². The minimum atomic E-state index is -0.535. The summed E-state index contributed by atoms with van der Waals surface area (Å²) < 4.78 is 7.89. The van der Waals surface area contributed by atoms with Crippen molar-refractivity contribution in [2.24, 2.45) is 0 Å². The van der Waals surface area contributed by atoms with Gasteiger partial charge in [-0.3, -0.25) is 9.48 Å². The Labute approximate surface area is 144 Å². The molecule has 0 radical (unpaired) electrons. The van der Waals surface area contributed by atoms with Gasteiger partial charge in [-0.05, 0) is 43.1 Å². The standard InChI is InChI=1S/C15H23BrN4O3/c1-15(2,3)23-14(22)19-7-6-8-20-10(9-19)11(16)12(17-20)13(21)18(4)5/h6-9H2,1-5H3. The number of rotatable bonds is 1. The van der Waals surface area contributed by atoms with Crippen LogP contribution in [0.25, 0.3) is 0 Å². The van der Waals surface area contributed by atoms with Gasteiger partial charge < -0.3 is 14.5 Å². The van der Waals surface area contributed by atoms with E-state index in [4.69, 9.17) is 4.74 Å². The Morgan fingerprint density at radius 1 is 1.26 bits per heavy atom. The zero-order valence-electron chi connectivity index (χ0n) is 14.2. The van der Waals surface area contributed by atoms with Crippen molar-refractivity contribution in [3.8, 4) is 0 Å². The molecule has 128 valence electrons. The first-order valence-electron chi connectivity index (χ1n) is 7.55. The summed E-state index contributed by atoms with van der Waals surface area (Å²) in [5.74, 6) is -0.165. The summed E-state index contributed by atoms with van der Waals surface area (Å²) in [6.45, 7) is 7.16. The Hall–Kier alpha value is -1.57. The number of hydrogen-bond donors (Lipinski definition) is 0. The average molecular weight is 387 g/mol. The third-order valence-corrected chi connectivity index (χ3v) is 4.23. The van der Waals surface area contributed by atoms with E-state index in [0.29, 0.717) is 29.8 Å². The zero-order chi connectivity index (χ0) is 17.4. The smallest absolute Gasteiger partial charge is 0.410 e. The fourth-order valence-corrected chi connectivity index (χ4v) is 2.89. The number of nitrogens with zero attached hydrogens (tertiary/aromatic N) is 4. The molecule has 2 rings (SSSR count). The molecule has 0 spiro atoms. The van der Waals surface area contributed by atoms with Crippen molar-refractivity contribution < 1.29 is 14.3 Å². The quantitative estimate of drug-likeness (QED) is 0.743. The monoisotopic (exact) mass is 386 g/mol. The Morgan fingerprint density at radius 2 is 1.91 bits per heavy atom. The molecule has 8 heteroatoms. The minimum Gasteiger partial charge on any atom is -0.444 e. The molecule has 0 unspecified atom stereocenters. The summed E-state index contributed by atoms with van der Waals surface area (Å²) in [5, 5.41) is 4.40. The molecule has 1 aliphatic heterocycles. The van der Waals surface area contributed by atoms with Gasteiger partial charge in [0.05, 0.1) is 16.7 Å². The molecule has 0 saturated carbocycles. The summed E-state index contributed by atoms with van der Waals surface area (Å²) in [6, 6.07) is 0. The topological polar surface area (TPSA) is 67.7 Å². The Kier molecular flexibility index (Phi) is 5.03. The molecular weight excluding hydrogens is 364 g/mol. The lowest BCUT2D eigenvalue weighted by Gasteiger charge is -2.26. The molecule has 23 heavy (non-hydrogen) atoms. The molecule has 1 aliphatic rings. The third kappa shape index (κ3) is 4.04. The Balaban J connectivity index is 2.26. The molecule has 1 aromatic heterocycles. The van der Waals surface area contributed by atoms with Gasteiger partial charge in [0.15, 0.2) is 5.69 Å². The van der Waals surface area contributed by atoms with Crippen LogP contribution in [0, 0.1) is 0 Å². The lowest BCUT2D eigenvalue weighted by atomic mass is 10.2. The highest BCUT2D eigenvalue weighted by molar-refractivity contribution is 9.10. The van der Waals surface area contributed by atoms with E-state index in [-0.39, 0.29) is 12.0 Å². The van der Waals surface area contributed by atoms with Gasteiger partial charge in [-0.25, -0.2) is 4.79 Å². The Morgan fingerprint density at radius 3 is 2.48 bits per heavy atom. The molecule has 2 amide bonds. The van der Waals surface area contributed by atoms with Gasteiger partial charge in [-0.2, -0.15) is 5.10 Å². The van der Waals surface area contributed by atoms with E-state index in [0.717, 1.165) is 12.1 Å². The van der Waals surface area contributed by atoms with E-state index in [9.17, 15) is 9.59 Å². The predicted molar refractivity (Wildman–Crippen MR) is 89.2 cm³/mol. The number of aryl methyl sites for hydroxylation is 1. The molecule has 0 bridgehead atoms. The van der Waals surface area contributed by atoms with Crippen LogP contribution in [0.4, 0.5) is 4.79 Å². The fourth-order valence-electron chi connectivity index (χ4n) is 2.31. The highest BCUT2D eigenvalue weighted by Crippen LogP contribution is 2.27. The molecule has 0 aliphatic carbocycles. The van der Waals surface area contributed by atoms with Gasteiger partial charge in [0.2, 0.25) is 0 Å². The van der Waals surface area contributed by atoms with Crippen molar-refractivity contribution in [1.82, 2.24) is 19.6 Å². The van der Waals surface area contributed by atoms with Crippen LogP contribution in [0.1, 0.15) is 43.4 Å². The number of amides is 2. The number of halogens is 1. The first kappa shape index (κ1) is 17.8. The summed E-state index contributed by atoms with van der Waals surface area (Å²) >= 11 is 3.47. The first-order chi connectivity index (χ1) is 10.6. The SMILES string of the molecule is CN(C)C(=O)c1nn2c(c1Br)CN(C(=O)OC(C)(C)C)CCC2. The maximum absolute atomic E-state index is 12.3. The summed E-state index contributed by atoms with van der Waals surface area (Å²) in [6.07, 6.45) is 0.412. The second-order valence-electron chi connectivity index (χ2n) is 6.79. The second-order valence-corrected chi connectivity index (χ2v) is 7.58. The number of fused-ring (bicyclic) bond motifs is 1. The molecule has 0 aromatic carbocycles. The van der Waals surface area contributed by atoms with Gasteiger partial charge in [-0.1, -0.05) is 0 Å². The van der Waals surface area contributed by atoms with Crippen LogP contribution in [-0.4, -0.2) is 57.8 Å². The first-order valence-corrected chi connectivity index (χ1v) is 8.34. The van der Waals surface area contributed by atoms with Crippen LogP contribution < -0.4 is 0 Å². The van der Waals surface area contributed by atoms with Crippen LogP contribution in [-0.2, 0) is 17.8 Å². The van der Waals surface area contributed by atoms with Crippen LogP contribution in [0.3, 0.4) is 0 Å². The molecular formula is C15H23BrN4O3. The number of hydrogen-bond acceptors (Lipinski definition) is 4. The van der Waals surface area contributed by atoms with Gasteiger partial charge in [0.25, 0.3) is 5.91 Å². The lowest BCUT2D eigenvalue weighted by Crippen LogP contribution is -2.36. The highest BCUT2D eigenvalue weighted by Gasteiger charge is 2.29. The lowest BCUT2D eigenvalue weighted by molar-refractivity contribution is 0.0236. The van der Waals surface area contributed by atoms with Crippen molar-refractivity contribution in [3.63, 3.8) is 0 Å². The maximum Gasteiger partial charge on any atom is 0.410 e. The summed E-state index contributed by atoms with van der Waals surface area (Å²) in [7, 11) is 3.37. The predicted octanol–water partition coefficient (Wildman–Crippen LogP) is 2.49. The maximum atomic E-state index is 12.3. The number of aromatic nitrogens is 2. The van der Waals surface area contributed by atoms with E-state index in [2.05, 4.69) is 21.0 Å². The second kappa shape index (κ2) is 6.51. The molecule has 1 aromatic rings. The van der Waals surface area contributed by atoms with Crippen LogP contribution in [0.15, 0.2) is 4.47 Å². The minimum absolute atomic E-state index is 0.165. The molecule has 0 atom stereocenters. The van der Waals surface area contributed by atoms with Gasteiger partial charge in [0.1, 0.15) is 5.60 Å². The fraction of sp³-hybridized carbons (Fsp3) is 0.667. The zero-order valence-corrected chi connectivity index (χ0v) is 15.8. The molecule has 0 fully saturated rings. The Bertz CT molecular complexity index is 619. The van der Waals surface area contributed by atoms with E-state index in [1.54, 1.807) is 23.7 Å². The van der Waals surface area contributed by atoms with E-state index in [1.807, 2.05) is 20.8 Å². The largest absolute Gasteiger partial charge is 0.444 e. The van der Waals surface area contributed by atoms with Gasteiger partial charge in [-0.15, -0.1) is 0 Å². The molecule has 7 nitrogen and oxygen atoms in total. The summed E-state index contributed by atoms with van der Waals surface area (Å²) in [4.78, 5) is 27.6. The molecule has 2 heterocycles. The number of carbonyl (C=O) groups excluding carboxylic acids is 2. The van der Waals surface area contributed by atoms with Gasteiger partial charge in [0, 0.05) is 27.2 Å². The van der Waals surface area contributed by atoms with E-state index >= 15 is 0 Å². The third-order valence-electron chi connectivity index (χ3n) is 3.39. The van der Waals surface area contributed by atoms with Crippen LogP contribution in [0.2, 0.25) is 0 Å². The van der Waals surface area contributed by atoms with Crippen LogP contribution in [0.5, 0.6) is 0 Å². The van der Waals surface area contributed by atoms with Crippen molar-refractivity contribution in [2.75, 3.05) is 20.6 Å². The average Bonchev–Trinajstić information content (AvgIpc) is 2.61. The number of ether oxygens (including phenoxy) is 1. The summed E-state index contributed by atoms with van der Waals surface area (Å²) in [5.41, 5.74) is 0.655. The number of carbonyl (C=O) groups is 2. The van der Waals surface area contributed by atoms with Crippen molar-refractivity contribution in [1.29, 1.82) is 0 Å². The van der Waals surface area contributed by atoms with E-state index < -0.39 is 5.60 Å². The van der Waals surface area contributed by atoms with Crippen molar-refractivity contribution >= 4 is 27.9 Å². The van der Waals surface area contributed by atoms with E-state index in [1.165, 1.54) is 4.90 Å². The van der Waals surface area contributed by atoms with Gasteiger partial charge >= 0.3 is 6.09 Å². The highest BCUT2D eigenvalue weighted by atomic mass is 79.9.